The summed E-state index contributed by atoms with van der Waals surface area (Å²) in [6.07, 6.45) is 14.0. The summed E-state index contributed by atoms with van der Waals surface area (Å²) in [5.41, 5.74) is 8.24. The lowest BCUT2D eigenvalue weighted by atomic mass is 9.97. The van der Waals surface area contributed by atoms with E-state index in [0.717, 1.165) is 49.4 Å². The van der Waals surface area contributed by atoms with Gasteiger partial charge in [-0.15, -0.1) is 0 Å². The highest BCUT2D eigenvalue weighted by Crippen LogP contribution is 2.41. The molecule has 5 N–H and O–H groups in total. The van der Waals surface area contributed by atoms with E-state index in [1.165, 1.54) is 60.8 Å². The lowest BCUT2D eigenvalue weighted by Crippen LogP contribution is -2.41. The fourth-order valence-corrected chi connectivity index (χ4v) is 16.5. The normalized spacial score (nSPS) is 18.0. The van der Waals surface area contributed by atoms with Gasteiger partial charge >= 0.3 is 0 Å². The van der Waals surface area contributed by atoms with Crippen LogP contribution in [0.25, 0.3) is 11.3 Å². The molecule has 0 saturated carbocycles. The van der Waals surface area contributed by atoms with Crippen LogP contribution in [0.4, 0.5) is 27.7 Å². The van der Waals surface area contributed by atoms with Crippen molar-refractivity contribution in [2.45, 2.75) is 126 Å². The highest BCUT2D eigenvalue weighted by Gasteiger charge is 2.42. The molecule has 9 heterocycles. The maximum atomic E-state index is 14.0. The monoisotopic (exact) mass is 1500 g/mol. The third-order valence-electron chi connectivity index (χ3n) is 17.6. The number of benzene rings is 2. The van der Waals surface area contributed by atoms with Crippen LogP contribution in [0.5, 0.6) is 11.8 Å². The molecule has 542 valence electrons. The van der Waals surface area contributed by atoms with E-state index in [-0.39, 0.29) is 78.0 Å². The first kappa shape index (κ1) is 76.0. The van der Waals surface area contributed by atoms with Gasteiger partial charge in [0, 0.05) is 88.1 Å². The fourth-order valence-electron chi connectivity index (χ4n) is 13.2. The van der Waals surface area contributed by atoms with Gasteiger partial charge in [-0.05, 0) is 175 Å². The summed E-state index contributed by atoms with van der Waals surface area (Å²) in [7, 11) is -12.8. The third kappa shape index (κ3) is 18.4. The molecule has 8 aromatic rings. The van der Waals surface area contributed by atoms with Crippen molar-refractivity contribution < 1.29 is 53.5 Å². The van der Waals surface area contributed by atoms with Gasteiger partial charge in [0.15, 0.2) is 10.1 Å². The second kappa shape index (κ2) is 31.2. The third-order valence-corrected chi connectivity index (χ3v) is 22.0. The van der Waals surface area contributed by atoms with Gasteiger partial charge in [0.2, 0.25) is 11.8 Å². The van der Waals surface area contributed by atoms with Crippen molar-refractivity contribution in [1.29, 1.82) is 0 Å². The molecule has 3 amide bonds. The van der Waals surface area contributed by atoms with Gasteiger partial charge in [-0.25, -0.2) is 46.9 Å². The summed E-state index contributed by atoms with van der Waals surface area (Å²) in [5.74, 6) is -0.444. The second-order valence-corrected chi connectivity index (χ2v) is 33.4. The first-order chi connectivity index (χ1) is 48.6. The largest absolute Gasteiger partial charge is 0.473 e. The Morgan fingerprint density at radius 3 is 1.49 bits per heavy atom. The maximum Gasteiger partial charge on any atom is 0.281 e. The Morgan fingerprint density at radius 2 is 1.01 bits per heavy atom. The molecule has 0 bridgehead atoms. The number of allylic oxidation sites excluding steroid dienone is 3. The van der Waals surface area contributed by atoms with Crippen LogP contribution in [0.15, 0.2) is 185 Å². The predicted octanol–water partition coefficient (Wildman–Crippen LogP) is 12.2. The van der Waals surface area contributed by atoms with E-state index >= 15 is 0 Å². The average Bonchev–Trinajstić information content (AvgIpc) is 1.74. The molecule has 1 aliphatic carbocycles. The Bertz CT molecular complexity index is 4950. The zero-order valence-electron chi connectivity index (χ0n) is 58.1. The zero-order valence-corrected chi connectivity index (χ0v) is 62.1. The number of aromatic nitrogens is 6. The topological polar surface area (TPSA) is 321 Å². The summed E-state index contributed by atoms with van der Waals surface area (Å²) in [6, 6.07) is 32.3. The van der Waals surface area contributed by atoms with Gasteiger partial charge < -0.3 is 29.9 Å². The molecular formula is C73H80Cl2FN13O11S3. The van der Waals surface area contributed by atoms with Crippen molar-refractivity contribution in [2.24, 2.45) is 17.8 Å². The molecule has 2 unspecified atom stereocenters. The van der Waals surface area contributed by atoms with Gasteiger partial charge in [-0.1, -0.05) is 92.5 Å². The van der Waals surface area contributed by atoms with E-state index in [4.69, 9.17) is 43.4 Å². The number of nitrogens with one attached hydrogen (secondary N) is 3. The summed E-state index contributed by atoms with van der Waals surface area (Å²) < 4.78 is 109. The number of amides is 3. The van der Waals surface area contributed by atoms with Gasteiger partial charge in [-0.3, -0.25) is 14.4 Å². The van der Waals surface area contributed by atoms with E-state index in [9.17, 15) is 44.0 Å². The number of sulfonamides is 3. The molecule has 4 aliphatic rings. The van der Waals surface area contributed by atoms with Crippen molar-refractivity contribution in [3.8, 4) is 23.0 Å². The number of pyridine rings is 6. The summed E-state index contributed by atoms with van der Waals surface area (Å²) in [5, 5.41) is 0.119. The minimum Gasteiger partial charge on any atom is -0.473 e. The van der Waals surface area contributed by atoms with Gasteiger partial charge in [0.25, 0.3) is 47.8 Å². The van der Waals surface area contributed by atoms with Crippen LogP contribution in [-0.4, -0.2) is 116 Å². The Labute approximate surface area is 609 Å². The molecule has 3 atom stereocenters. The van der Waals surface area contributed by atoms with Crippen molar-refractivity contribution in [3.05, 3.63) is 208 Å². The Balaban J connectivity index is 0.000000166. The van der Waals surface area contributed by atoms with E-state index in [2.05, 4.69) is 111 Å². The number of rotatable bonds is 19. The molecule has 24 nitrogen and oxygen atoms in total. The summed E-state index contributed by atoms with van der Waals surface area (Å²) in [4.78, 5) is 70.8. The first-order valence-corrected chi connectivity index (χ1v) is 38.2. The fraction of sp³-hybridized carbons (Fsp3) is 0.329. The number of halogens is 3. The zero-order chi connectivity index (χ0) is 74.4. The van der Waals surface area contributed by atoms with Crippen LogP contribution >= 0.6 is 23.2 Å². The molecule has 6 aromatic heterocycles. The number of anilines is 4. The second-order valence-electron chi connectivity index (χ2n) is 27.6. The highest BCUT2D eigenvalue weighted by atomic mass is 35.5. The number of carbonyl (C=O) groups is 3. The number of nitrogens with zero attached hydrogens (tertiary/aromatic N) is 9. The van der Waals surface area contributed by atoms with Crippen LogP contribution < -0.4 is 44.1 Å². The Kier molecular flexibility index (Phi) is 23.0. The minimum absolute atomic E-state index is 0.0467. The average molecular weight is 1500 g/mol. The van der Waals surface area contributed by atoms with Gasteiger partial charge in [0.05, 0.1) is 22.4 Å². The molecular weight excluding hydrogens is 1420 g/mol. The molecule has 2 aromatic carbocycles. The Hall–Kier alpha value is -9.61. The van der Waals surface area contributed by atoms with Crippen LogP contribution in [0.3, 0.4) is 0 Å². The van der Waals surface area contributed by atoms with E-state index in [1.807, 2.05) is 35.3 Å². The van der Waals surface area contributed by atoms with E-state index < -0.39 is 58.6 Å². The summed E-state index contributed by atoms with van der Waals surface area (Å²) in [6.45, 7) is 21.1. The minimum atomic E-state index is -4.34. The SMILES string of the molecule is CC1CN(c2ncccc2C(=O)NS(=O)(=O)c2cccc(OCC3=CC=CC3)n2)C(C)(C)C1.CC1CN(c2ncccc2C(=O)NS(=O)(=O)c2cccc(OCc3ccc(Cl)cc3F)n2)C(C)(C)C1.C[C@@H]1CN(c2nc(-c3cccc(Cl)c3)ccc2C(=O)NS(=O)(=O)c2cccnc2N)C(C)(C)C1. The summed E-state index contributed by atoms with van der Waals surface area (Å²) >= 11 is 11.9. The number of hydrogen-bond acceptors (Lipinski definition) is 21. The van der Waals surface area contributed by atoms with Crippen molar-refractivity contribution in [2.75, 3.05) is 46.7 Å². The standard InChI is InChI=1S/C25H26ClFN4O4S.C24H26ClN5O3S.C24H28N4O4S/c1-16-13-25(2,3)31(14-16)23-19(6-5-11-28-23)24(32)30-36(33,34)22-8-4-7-21(29-22)35-15-17-9-10-18(26)12-20(17)27;1-15-13-24(2,3)30(14-15)22-18(9-10-19(28-22)16-6-4-7-17(25)12-16)23(31)29-34(32,33)20-8-5-11-27-21(20)26;1-17-14-24(2,3)28(15-17)22-19(10-7-13-25-22)23(29)27-33(30,31)21-12-6-11-20(26-21)32-16-18-8-4-5-9-18/h4-12,16H,13-15H2,1-3H3,(H,30,32);4-12,15H,13-14H2,1-3H3,(H2,26,27)(H,29,31);4-8,10-13,17H,9,14-16H2,1-3H3,(H,27,29)/t;15-;/m.0./s1. The number of nitrogens with two attached hydrogens (primary N) is 1. The Morgan fingerprint density at radius 1 is 0.544 bits per heavy atom. The quantitative estimate of drug-likeness (QED) is 0.0584. The lowest BCUT2D eigenvalue weighted by molar-refractivity contribution is 0.0972. The molecule has 12 rings (SSSR count). The molecule has 0 spiro atoms. The molecule has 3 fully saturated rings. The predicted molar refractivity (Wildman–Crippen MR) is 393 cm³/mol. The van der Waals surface area contributed by atoms with Crippen LogP contribution in [0.1, 0.15) is 125 Å². The molecule has 3 saturated heterocycles. The smallest absolute Gasteiger partial charge is 0.281 e. The van der Waals surface area contributed by atoms with Crippen molar-refractivity contribution in [3.63, 3.8) is 0 Å². The number of ether oxygens (including phenoxy) is 2. The van der Waals surface area contributed by atoms with Crippen molar-refractivity contribution in [1.82, 2.24) is 44.1 Å². The highest BCUT2D eigenvalue weighted by molar-refractivity contribution is 7.90. The lowest BCUT2D eigenvalue weighted by Gasteiger charge is -2.34. The van der Waals surface area contributed by atoms with Gasteiger partial charge in [0.1, 0.15) is 47.2 Å². The van der Waals surface area contributed by atoms with Crippen molar-refractivity contribution >= 4 is 94.3 Å². The van der Waals surface area contributed by atoms with E-state index in [0.29, 0.717) is 65.6 Å². The number of nitrogen functional groups attached to an aromatic ring is 1. The van der Waals surface area contributed by atoms with Gasteiger partial charge in [-0.2, -0.15) is 26.8 Å². The molecule has 0 radical (unpaired) electrons. The van der Waals surface area contributed by atoms with Crippen LogP contribution in [-0.2, 0) is 36.7 Å². The van der Waals surface area contributed by atoms with Crippen LogP contribution in [0, 0.1) is 23.6 Å². The van der Waals surface area contributed by atoms with Crippen LogP contribution in [0.2, 0.25) is 10.0 Å². The molecule has 103 heavy (non-hydrogen) atoms. The van der Waals surface area contributed by atoms with E-state index in [1.54, 1.807) is 67.0 Å². The molecule has 3 aliphatic heterocycles. The number of carbonyl (C=O) groups excluding carboxylic acids is 3. The molecule has 30 heteroatoms. The maximum absolute atomic E-state index is 14.0. The number of hydrogen-bond donors (Lipinski definition) is 4. The first-order valence-electron chi connectivity index (χ1n) is 33.0.